The Morgan fingerprint density at radius 1 is 1.35 bits per heavy atom. The van der Waals surface area contributed by atoms with E-state index < -0.39 is 10.0 Å². The van der Waals surface area contributed by atoms with Gasteiger partial charge in [-0.1, -0.05) is 29.3 Å². The number of sulfonamides is 1. The van der Waals surface area contributed by atoms with Crippen LogP contribution in [-0.4, -0.2) is 18.0 Å². The van der Waals surface area contributed by atoms with E-state index >= 15 is 0 Å². The molecule has 0 bridgehead atoms. The van der Waals surface area contributed by atoms with Gasteiger partial charge in [0.25, 0.3) is 0 Å². The smallest absolute Gasteiger partial charge is 0.241 e. The van der Waals surface area contributed by atoms with E-state index in [2.05, 4.69) is 9.71 Å². The van der Waals surface area contributed by atoms with Gasteiger partial charge >= 0.3 is 0 Å². The lowest BCUT2D eigenvalue weighted by atomic mass is 10.2. The van der Waals surface area contributed by atoms with Crippen LogP contribution in [-0.2, 0) is 23.6 Å². The average Bonchev–Trinajstić information content (AvgIpc) is 2.67. The topological polar surface area (TPSA) is 64.0 Å². The van der Waals surface area contributed by atoms with Crippen molar-refractivity contribution in [2.24, 2.45) is 7.05 Å². The largest absolute Gasteiger partial charge is 0.321 e. The Morgan fingerprint density at radius 2 is 2.05 bits per heavy atom. The molecule has 7 heteroatoms. The number of aryl methyl sites for hydroxylation is 2. The highest BCUT2D eigenvalue weighted by Gasteiger charge is 2.17. The van der Waals surface area contributed by atoms with Crippen molar-refractivity contribution in [3.05, 3.63) is 46.5 Å². The first kappa shape index (κ1) is 15.0. The molecule has 1 N–H and O–H groups in total. The molecule has 1 aromatic heterocycles. The van der Waals surface area contributed by atoms with Crippen LogP contribution in [0.2, 0.25) is 5.15 Å². The van der Waals surface area contributed by atoms with E-state index in [1.807, 2.05) is 13.0 Å². The van der Waals surface area contributed by atoms with Crippen LogP contribution in [0.3, 0.4) is 0 Å². The van der Waals surface area contributed by atoms with Gasteiger partial charge in [0.2, 0.25) is 10.0 Å². The molecule has 0 aliphatic carbocycles. The van der Waals surface area contributed by atoms with Gasteiger partial charge in [-0.2, -0.15) is 0 Å². The van der Waals surface area contributed by atoms with Crippen molar-refractivity contribution in [2.45, 2.75) is 25.3 Å². The molecule has 0 atom stereocenters. The Morgan fingerprint density at radius 3 is 2.60 bits per heavy atom. The third-order valence-electron chi connectivity index (χ3n) is 3.07. The number of hydrogen-bond donors (Lipinski definition) is 1. The fraction of sp³-hybridized carbons (Fsp3) is 0.308. The highest BCUT2D eigenvalue weighted by molar-refractivity contribution is 7.89. The molecule has 0 aliphatic heterocycles. The Hall–Kier alpha value is -1.37. The van der Waals surface area contributed by atoms with Crippen LogP contribution in [0.25, 0.3) is 0 Å². The van der Waals surface area contributed by atoms with Crippen molar-refractivity contribution in [3.63, 3.8) is 0 Å². The molecule has 2 rings (SSSR count). The molecular weight excluding hydrogens is 298 g/mol. The van der Waals surface area contributed by atoms with E-state index in [1.54, 1.807) is 30.7 Å². The first-order valence-corrected chi connectivity index (χ1v) is 7.90. The van der Waals surface area contributed by atoms with Crippen molar-refractivity contribution in [1.29, 1.82) is 0 Å². The molecule has 0 fully saturated rings. The van der Waals surface area contributed by atoms with E-state index in [0.717, 1.165) is 11.1 Å². The quantitative estimate of drug-likeness (QED) is 0.941. The van der Waals surface area contributed by atoms with Crippen LogP contribution >= 0.6 is 11.6 Å². The first-order chi connectivity index (χ1) is 9.31. The molecule has 0 aliphatic rings. The zero-order chi connectivity index (χ0) is 14.9. The third kappa shape index (κ3) is 3.03. The molecular formula is C13H16ClN3O2S. The fourth-order valence-electron chi connectivity index (χ4n) is 1.93. The van der Waals surface area contributed by atoms with Crippen molar-refractivity contribution in [1.82, 2.24) is 14.3 Å². The molecule has 108 valence electrons. The van der Waals surface area contributed by atoms with Crippen LogP contribution < -0.4 is 4.72 Å². The Labute approximate surface area is 123 Å². The van der Waals surface area contributed by atoms with Crippen LogP contribution in [0.1, 0.15) is 17.0 Å². The molecule has 1 heterocycles. The Balaban J connectivity index is 2.21. The minimum atomic E-state index is -3.56. The van der Waals surface area contributed by atoms with Gasteiger partial charge < -0.3 is 4.57 Å². The second-order valence-corrected chi connectivity index (χ2v) is 6.77. The minimum Gasteiger partial charge on any atom is -0.321 e. The second kappa shape index (κ2) is 5.55. The summed E-state index contributed by atoms with van der Waals surface area (Å²) in [6, 6.07) is 5.23. The third-order valence-corrected chi connectivity index (χ3v) is 4.98. The number of halogens is 1. The summed E-state index contributed by atoms with van der Waals surface area (Å²) in [6.45, 7) is 3.80. The second-order valence-electron chi connectivity index (χ2n) is 4.65. The van der Waals surface area contributed by atoms with Crippen LogP contribution in [0, 0.1) is 13.8 Å². The lowest BCUT2D eigenvalue weighted by molar-refractivity contribution is 0.577. The highest BCUT2D eigenvalue weighted by atomic mass is 35.5. The summed E-state index contributed by atoms with van der Waals surface area (Å²) in [5.41, 5.74) is 1.74. The summed E-state index contributed by atoms with van der Waals surface area (Å²) in [4.78, 5) is 4.33. The monoisotopic (exact) mass is 313 g/mol. The average molecular weight is 314 g/mol. The summed E-state index contributed by atoms with van der Waals surface area (Å²) in [5.74, 6) is 0.559. The minimum absolute atomic E-state index is 0.0961. The maximum atomic E-state index is 12.3. The van der Waals surface area contributed by atoms with Crippen LogP contribution in [0.4, 0.5) is 0 Å². The molecule has 0 spiro atoms. The number of nitrogens with one attached hydrogen (secondary N) is 1. The molecule has 0 amide bonds. The standard InChI is InChI=1S/C13H16ClN3O2S/c1-9-4-5-11(10(2)6-9)20(18,19)16-8-13-15-7-12(14)17(13)3/h4-7,16H,8H2,1-3H3. The normalized spacial score (nSPS) is 11.8. The summed E-state index contributed by atoms with van der Waals surface area (Å²) in [6.07, 6.45) is 1.49. The van der Waals surface area contributed by atoms with Gasteiger partial charge in [0.15, 0.2) is 0 Å². The fourth-order valence-corrected chi connectivity index (χ4v) is 3.28. The van der Waals surface area contributed by atoms with Crippen LogP contribution in [0.5, 0.6) is 0 Å². The van der Waals surface area contributed by atoms with Gasteiger partial charge in [-0.05, 0) is 25.5 Å². The maximum absolute atomic E-state index is 12.3. The van der Waals surface area contributed by atoms with Gasteiger partial charge in [0.05, 0.1) is 17.6 Å². The SMILES string of the molecule is Cc1ccc(S(=O)(=O)NCc2ncc(Cl)n2C)c(C)c1. The summed E-state index contributed by atoms with van der Waals surface area (Å²) < 4.78 is 28.7. The molecule has 5 nitrogen and oxygen atoms in total. The zero-order valence-electron chi connectivity index (χ0n) is 11.5. The van der Waals surface area contributed by atoms with E-state index in [-0.39, 0.29) is 11.4 Å². The van der Waals surface area contributed by atoms with Gasteiger partial charge in [0.1, 0.15) is 11.0 Å². The molecule has 2 aromatic rings. The van der Waals surface area contributed by atoms with E-state index in [1.165, 1.54) is 6.20 Å². The van der Waals surface area contributed by atoms with E-state index in [9.17, 15) is 8.42 Å². The maximum Gasteiger partial charge on any atom is 0.241 e. The lowest BCUT2D eigenvalue weighted by Gasteiger charge is -2.10. The van der Waals surface area contributed by atoms with Gasteiger partial charge in [-0.25, -0.2) is 18.1 Å². The molecule has 0 saturated carbocycles. The van der Waals surface area contributed by atoms with Crippen molar-refractivity contribution >= 4 is 21.6 Å². The zero-order valence-corrected chi connectivity index (χ0v) is 13.1. The molecule has 1 aromatic carbocycles. The van der Waals surface area contributed by atoms with E-state index in [4.69, 9.17) is 11.6 Å². The van der Waals surface area contributed by atoms with Crippen molar-refractivity contribution in [2.75, 3.05) is 0 Å². The number of imidazole rings is 1. The predicted molar refractivity (Wildman–Crippen MR) is 78.2 cm³/mol. The number of benzene rings is 1. The molecule has 0 saturated heterocycles. The summed E-state index contributed by atoms with van der Waals surface area (Å²) >= 11 is 5.86. The summed E-state index contributed by atoms with van der Waals surface area (Å²) in [5, 5.41) is 0.464. The molecule has 0 radical (unpaired) electrons. The Kier molecular flexibility index (Phi) is 4.17. The van der Waals surface area contributed by atoms with Crippen molar-refractivity contribution in [3.8, 4) is 0 Å². The van der Waals surface area contributed by atoms with E-state index in [0.29, 0.717) is 11.0 Å². The number of aromatic nitrogens is 2. The van der Waals surface area contributed by atoms with Gasteiger partial charge in [0, 0.05) is 7.05 Å². The lowest BCUT2D eigenvalue weighted by Crippen LogP contribution is -2.25. The summed E-state index contributed by atoms with van der Waals surface area (Å²) in [7, 11) is -1.83. The van der Waals surface area contributed by atoms with Crippen LogP contribution in [0.15, 0.2) is 29.3 Å². The molecule has 0 unspecified atom stereocenters. The van der Waals surface area contributed by atoms with Gasteiger partial charge in [-0.3, -0.25) is 0 Å². The number of rotatable bonds is 4. The first-order valence-electron chi connectivity index (χ1n) is 6.04. The number of nitrogens with zero attached hydrogens (tertiary/aromatic N) is 2. The molecule has 20 heavy (non-hydrogen) atoms. The Bertz CT molecular complexity index is 738. The van der Waals surface area contributed by atoms with Gasteiger partial charge in [-0.15, -0.1) is 0 Å². The van der Waals surface area contributed by atoms with Crippen molar-refractivity contribution < 1.29 is 8.42 Å². The predicted octanol–water partition coefficient (Wildman–Crippen LogP) is 2.17. The number of hydrogen-bond acceptors (Lipinski definition) is 3. The highest BCUT2D eigenvalue weighted by Crippen LogP contribution is 2.17.